The summed E-state index contributed by atoms with van der Waals surface area (Å²) >= 11 is 3.47. The summed E-state index contributed by atoms with van der Waals surface area (Å²) in [5, 5.41) is 13.3. The van der Waals surface area contributed by atoms with E-state index in [2.05, 4.69) is 33.2 Å². The van der Waals surface area contributed by atoms with Crippen molar-refractivity contribution in [2.75, 3.05) is 0 Å². The minimum absolute atomic E-state index is 0.646. The third kappa shape index (κ3) is 2.11. The van der Waals surface area contributed by atoms with Gasteiger partial charge in [-0.1, -0.05) is 22.9 Å². The molecule has 0 aliphatic heterocycles. The lowest BCUT2D eigenvalue weighted by molar-refractivity contribution is 0.812. The largest absolute Gasteiger partial charge is 0.236 e. The fourth-order valence-electron chi connectivity index (χ4n) is 1.79. The molecule has 0 saturated heterocycles. The van der Waals surface area contributed by atoms with Crippen molar-refractivity contribution < 1.29 is 0 Å². The predicted octanol–water partition coefficient (Wildman–Crippen LogP) is 3.38. The van der Waals surface area contributed by atoms with Gasteiger partial charge in [0.1, 0.15) is 6.07 Å². The lowest BCUT2D eigenvalue weighted by Gasteiger charge is -2.08. The molecule has 2 rings (SSSR count). The molecule has 0 unspecified atom stereocenters. The highest BCUT2D eigenvalue weighted by molar-refractivity contribution is 9.10. The van der Waals surface area contributed by atoms with Gasteiger partial charge in [-0.25, -0.2) is 4.68 Å². The summed E-state index contributed by atoms with van der Waals surface area (Å²) in [6.07, 6.45) is 2.41. The molecular formula is C13H12BrN3. The van der Waals surface area contributed by atoms with Gasteiger partial charge in [0.2, 0.25) is 0 Å². The molecular weight excluding hydrogens is 278 g/mol. The first-order valence-corrected chi connectivity index (χ1v) is 6.20. The molecule has 0 saturated carbocycles. The zero-order valence-corrected chi connectivity index (χ0v) is 11.3. The average molecular weight is 290 g/mol. The second-order valence-electron chi connectivity index (χ2n) is 3.82. The van der Waals surface area contributed by atoms with E-state index in [1.165, 1.54) is 0 Å². The number of rotatable bonds is 2. The van der Waals surface area contributed by atoms with Crippen LogP contribution < -0.4 is 0 Å². The standard InChI is InChI=1S/C13H12BrN3/c1-3-13-10(7-15)8-16-17(13)11-4-5-12(14)9(2)6-11/h4-6,8H,3H2,1-2H3. The predicted molar refractivity (Wildman–Crippen MR) is 70.1 cm³/mol. The molecule has 4 heteroatoms. The van der Waals surface area contributed by atoms with Crippen molar-refractivity contribution in [1.82, 2.24) is 9.78 Å². The first kappa shape index (κ1) is 11.9. The molecule has 0 fully saturated rings. The van der Waals surface area contributed by atoms with E-state index in [-0.39, 0.29) is 0 Å². The maximum Gasteiger partial charge on any atom is 0.103 e. The van der Waals surface area contributed by atoms with Crippen molar-refractivity contribution in [1.29, 1.82) is 5.26 Å². The molecule has 0 radical (unpaired) electrons. The van der Waals surface area contributed by atoms with Gasteiger partial charge in [-0.15, -0.1) is 0 Å². The van der Waals surface area contributed by atoms with E-state index < -0.39 is 0 Å². The van der Waals surface area contributed by atoms with Crippen LogP contribution in [-0.2, 0) is 6.42 Å². The second kappa shape index (κ2) is 4.72. The monoisotopic (exact) mass is 289 g/mol. The highest BCUT2D eigenvalue weighted by Gasteiger charge is 2.10. The summed E-state index contributed by atoms with van der Waals surface area (Å²) in [6, 6.07) is 8.21. The molecule has 1 aromatic heterocycles. The summed E-state index contributed by atoms with van der Waals surface area (Å²) in [5.41, 5.74) is 3.74. The molecule has 0 bridgehead atoms. The van der Waals surface area contributed by atoms with Crippen molar-refractivity contribution in [2.45, 2.75) is 20.3 Å². The molecule has 0 spiro atoms. The SMILES string of the molecule is CCc1c(C#N)cnn1-c1ccc(Br)c(C)c1. The van der Waals surface area contributed by atoms with E-state index in [0.717, 1.165) is 27.8 Å². The molecule has 0 aliphatic carbocycles. The minimum atomic E-state index is 0.646. The molecule has 0 N–H and O–H groups in total. The van der Waals surface area contributed by atoms with Crippen LogP contribution in [0, 0.1) is 18.3 Å². The van der Waals surface area contributed by atoms with Crippen LogP contribution in [0.2, 0.25) is 0 Å². The van der Waals surface area contributed by atoms with Crippen LogP contribution in [-0.4, -0.2) is 9.78 Å². The van der Waals surface area contributed by atoms with Gasteiger partial charge in [-0.2, -0.15) is 10.4 Å². The highest BCUT2D eigenvalue weighted by atomic mass is 79.9. The number of halogens is 1. The first-order chi connectivity index (χ1) is 8.17. The van der Waals surface area contributed by atoms with Crippen molar-refractivity contribution in [3.8, 4) is 11.8 Å². The third-order valence-electron chi connectivity index (χ3n) is 2.71. The summed E-state index contributed by atoms with van der Waals surface area (Å²) in [4.78, 5) is 0. The Labute approximate surface area is 109 Å². The van der Waals surface area contributed by atoms with E-state index in [4.69, 9.17) is 5.26 Å². The Kier molecular flexibility index (Phi) is 3.30. The lowest BCUT2D eigenvalue weighted by Crippen LogP contribution is -2.02. The number of aryl methyl sites for hydroxylation is 1. The van der Waals surface area contributed by atoms with Crippen molar-refractivity contribution in [3.05, 3.63) is 45.7 Å². The maximum atomic E-state index is 9.00. The summed E-state index contributed by atoms with van der Waals surface area (Å²) in [7, 11) is 0. The van der Waals surface area contributed by atoms with E-state index in [1.54, 1.807) is 6.20 Å². The molecule has 0 atom stereocenters. The molecule has 2 aromatic rings. The quantitative estimate of drug-likeness (QED) is 0.850. The van der Waals surface area contributed by atoms with Gasteiger partial charge in [0.15, 0.2) is 0 Å². The van der Waals surface area contributed by atoms with E-state index in [0.29, 0.717) is 5.56 Å². The van der Waals surface area contributed by atoms with Gasteiger partial charge in [0.05, 0.1) is 23.1 Å². The fraction of sp³-hybridized carbons (Fsp3) is 0.231. The van der Waals surface area contributed by atoms with Crippen LogP contribution >= 0.6 is 15.9 Å². The number of hydrogen-bond acceptors (Lipinski definition) is 2. The van der Waals surface area contributed by atoms with E-state index >= 15 is 0 Å². The number of aromatic nitrogens is 2. The molecule has 86 valence electrons. The van der Waals surface area contributed by atoms with Crippen molar-refractivity contribution in [2.24, 2.45) is 0 Å². The Balaban J connectivity index is 2.57. The van der Waals surface area contributed by atoms with Crippen LogP contribution in [0.15, 0.2) is 28.9 Å². The van der Waals surface area contributed by atoms with E-state index in [1.807, 2.05) is 30.7 Å². The van der Waals surface area contributed by atoms with Crippen LogP contribution in [0.1, 0.15) is 23.7 Å². The summed E-state index contributed by atoms with van der Waals surface area (Å²) < 4.78 is 2.91. The molecule has 0 amide bonds. The maximum absolute atomic E-state index is 9.00. The number of hydrogen-bond donors (Lipinski definition) is 0. The summed E-state index contributed by atoms with van der Waals surface area (Å²) in [5.74, 6) is 0. The van der Waals surface area contributed by atoms with Gasteiger partial charge in [-0.05, 0) is 37.1 Å². The van der Waals surface area contributed by atoms with Crippen LogP contribution in [0.25, 0.3) is 5.69 Å². The Bertz CT molecular complexity index is 593. The molecule has 0 aliphatic rings. The smallest absolute Gasteiger partial charge is 0.103 e. The number of benzene rings is 1. The van der Waals surface area contributed by atoms with Gasteiger partial charge >= 0.3 is 0 Å². The lowest BCUT2D eigenvalue weighted by atomic mass is 10.2. The Morgan fingerprint density at radius 2 is 2.24 bits per heavy atom. The van der Waals surface area contributed by atoms with Gasteiger partial charge in [0.25, 0.3) is 0 Å². The number of nitriles is 1. The third-order valence-corrected chi connectivity index (χ3v) is 3.60. The molecule has 1 heterocycles. The first-order valence-electron chi connectivity index (χ1n) is 5.41. The van der Waals surface area contributed by atoms with Gasteiger partial charge in [0, 0.05) is 4.47 Å². The van der Waals surface area contributed by atoms with E-state index in [9.17, 15) is 0 Å². The topological polar surface area (TPSA) is 41.6 Å². The average Bonchev–Trinajstić information content (AvgIpc) is 2.75. The minimum Gasteiger partial charge on any atom is -0.236 e. The zero-order chi connectivity index (χ0) is 12.4. The normalized spacial score (nSPS) is 10.2. The van der Waals surface area contributed by atoms with Crippen LogP contribution in [0.5, 0.6) is 0 Å². The summed E-state index contributed by atoms with van der Waals surface area (Å²) in [6.45, 7) is 4.06. The van der Waals surface area contributed by atoms with Gasteiger partial charge < -0.3 is 0 Å². The molecule has 3 nitrogen and oxygen atoms in total. The van der Waals surface area contributed by atoms with Crippen molar-refractivity contribution in [3.63, 3.8) is 0 Å². The second-order valence-corrected chi connectivity index (χ2v) is 4.67. The van der Waals surface area contributed by atoms with Crippen LogP contribution in [0.4, 0.5) is 0 Å². The van der Waals surface area contributed by atoms with Crippen molar-refractivity contribution >= 4 is 15.9 Å². The zero-order valence-electron chi connectivity index (χ0n) is 9.74. The Morgan fingerprint density at radius 3 is 2.82 bits per heavy atom. The highest BCUT2D eigenvalue weighted by Crippen LogP contribution is 2.21. The Hall–Kier alpha value is -1.60. The Morgan fingerprint density at radius 1 is 1.47 bits per heavy atom. The van der Waals surface area contributed by atoms with Crippen LogP contribution in [0.3, 0.4) is 0 Å². The molecule has 1 aromatic carbocycles. The number of nitrogens with zero attached hydrogens (tertiary/aromatic N) is 3. The van der Waals surface area contributed by atoms with Gasteiger partial charge in [-0.3, -0.25) is 0 Å². The molecule has 17 heavy (non-hydrogen) atoms. The fourth-order valence-corrected chi connectivity index (χ4v) is 2.04.